The number of hydrogen-bond donors (Lipinski definition) is 2. The number of sulfonamides is 1. The van der Waals surface area contributed by atoms with E-state index in [9.17, 15) is 13.5 Å². The Balaban J connectivity index is 1.22. The molecule has 4 rings (SSSR count). The van der Waals surface area contributed by atoms with Gasteiger partial charge in [-0.25, -0.2) is 13.1 Å². The van der Waals surface area contributed by atoms with Crippen LogP contribution in [-0.2, 0) is 10.0 Å². The molecule has 34 heavy (non-hydrogen) atoms. The van der Waals surface area contributed by atoms with Gasteiger partial charge in [-0.15, -0.1) is 11.3 Å². The van der Waals surface area contributed by atoms with E-state index in [1.54, 1.807) is 36.5 Å². The van der Waals surface area contributed by atoms with Gasteiger partial charge in [0.25, 0.3) is 0 Å². The van der Waals surface area contributed by atoms with E-state index in [0.717, 1.165) is 47.8 Å². The van der Waals surface area contributed by atoms with Crippen molar-refractivity contribution in [3.63, 3.8) is 0 Å². The molecule has 1 unspecified atom stereocenters. The number of benzene rings is 1. The normalized spacial score (nSPS) is 16.4. The summed E-state index contributed by atoms with van der Waals surface area (Å²) in [5.74, 6) is 0.682. The maximum absolute atomic E-state index is 12.7. The maximum atomic E-state index is 12.7. The van der Waals surface area contributed by atoms with Crippen molar-refractivity contribution < 1.29 is 18.3 Å². The van der Waals surface area contributed by atoms with Gasteiger partial charge in [0.1, 0.15) is 16.1 Å². The Morgan fingerprint density at radius 2 is 1.94 bits per heavy atom. The first-order valence-electron chi connectivity index (χ1n) is 10.8. The summed E-state index contributed by atoms with van der Waals surface area (Å²) in [6, 6.07) is 14.0. The Labute approximate surface area is 213 Å². The van der Waals surface area contributed by atoms with E-state index in [1.165, 1.54) is 0 Å². The molecule has 0 radical (unpaired) electrons. The van der Waals surface area contributed by atoms with Gasteiger partial charge in [-0.2, -0.15) is 0 Å². The maximum Gasteiger partial charge on any atom is 0.250 e. The molecule has 182 valence electrons. The standard InChI is InChI=1S/C23H25Cl2N3O4S2/c24-19-5-4-18(13-20(19)25)32-17-8-11-28(12-9-17)15-16(29)14-27-34(30,31)23-7-6-22(33-23)21-3-1-2-10-26-21/h1-7,10,13,16-17,27,29H,8-9,11-12,14-15H2. The summed E-state index contributed by atoms with van der Waals surface area (Å²) < 4.78 is 34.0. The van der Waals surface area contributed by atoms with Gasteiger partial charge in [0.15, 0.2) is 0 Å². The number of aromatic nitrogens is 1. The molecule has 2 N–H and O–H groups in total. The molecule has 0 aliphatic carbocycles. The number of piperidine rings is 1. The Morgan fingerprint density at radius 1 is 1.15 bits per heavy atom. The highest BCUT2D eigenvalue weighted by molar-refractivity contribution is 7.91. The van der Waals surface area contributed by atoms with E-state index in [1.807, 2.05) is 18.2 Å². The molecule has 1 atom stereocenters. The van der Waals surface area contributed by atoms with Gasteiger partial charge in [0.05, 0.1) is 26.7 Å². The lowest BCUT2D eigenvalue weighted by Crippen LogP contribution is -2.44. The number of likely N-dealkylation sites (tertiary alicyclic amines) is 1. The molecule has 3 heterocycles. The molecule has 1 aliphatic heterocycles. The van der Waals surface area contributed by atoms with Crippen LogP contribution >= 0.6 is 34.5 Å². The van der Waals surface area contributed by atoms with Gasteiger partial charge in [-0.3, -0.25) is 4.98 Å². The van der Waals surface area contributed by atoms with Crippen molar-refractivity contribution in [2.45, 2.75) is 29.3 Å². The number of aliphatic hydroxyl groups is 1. The van der Waals surface area contributed by atoms with Crippen LogP contribution in [-0.4, -0.2) is 61.8 Å². The van der Waals surface area contributed by atoms with Gasteiger partial charge in [-0.1, -0.05) is 29.3 Å². The fraction of sp³-hybridized carbons (Fsp3) is 0.348. The van der Waals surface area contributed by atoms with E-state index >= 15 is 0 Å². The predicted molar refractivity (Wildman–Crippen MR) is 135 cm³/mol. The van der Waals surface area contributed by atoms with Crippen molar-refractivity contribution in [2.75, 3.05) is 26.2 Å². The number of pyridine rings is 1. The summed E-state index contributed by atoms with van der Waals surface area (Å²) in [4.78, 5) is 7.13. The lowest BCUT2D eigenvalue weighted by atomic mass is 10.1. The zero-order valence-electron chi connectivity index (χ0n) is 18.2. The van der Waals surface area contributed by atoms with Crippen LogP contribution in [0, 0.1) is 0 Å². The van der Waals surface area contributed by atoms with E-state index in [2.05, 4.69) is 14.6 Å². The van der Waals surface area contributed by atoms with Crippen molar-refractivity contribution in [1.82, 2.24) is 14.6 Å². The Morgan fingerprint density at radius 3 is 2.65 bits per heavy atom. The predicted octanol–water partition coefficient (Wildman–Crippen LogP) is 4.30. The number of rotatable bonds is 9. The third-order valence-corrected chi connectivity index (χ3v) is 9.23. The second-order valence-corrected chi connectivity index (χ2v) is 11.9. The lowest BCUT2D eigenvalue weighted by Gasteiger charge is -2.33. The van der Waals surface area contributed by atoms with Crippen LogP contribution in [0.4, 0.5) is 0 Å². The number of halogens is 2. The summed E-state index contributed by atoms with van der Waals surface area (Å²) in [5, 5.41) is 11.4. The van der Waals surface area contributed by atoms with Crippen LogP contribution in [0.25, 0.3) is 10.6 Å². The number of ether oxygens (including phenoxy) is 1. The molecule has 11 heteroatoms. The van der Waals surface area contributed by atoms with Crippen molar-refractivity contribution in [3.05, 3.63) is 64.8 Å². The van der Waals surface area contributed by atoms with Gasteiger partial charge >= 0.3 is 0 Å². The van der Waals surface area contributed by atoms with Crippen molar-refractivity contribution in [3.8, 4) is 16.3 Å². The molecule has 1 fully saturated rings. The molecule has 0 bridgehead atoms. The first kappa shape index (κ1) is 25.4. The van der Waals surface area contributed by atoms with Crippen molar-refractivity contribution in [1.29, 1.82) is 0 Å². The number of thiophene rings is 1. The molecule has 0 saturated carbocycles. The zero-order valence-corrected chi connectivity index (χ0v) is 21.4. The third-order valence-electron chi connectivity index (χ3n) is 5.47. The quantitative estimate of drug-likeness (QED) is 0.419. The third kappa shape index (κ3) is 6.69. The van der Waals surface area contributed by atoms with Gasteiger partial charge in [0.2, 0.25) is 10.0 Å². The van der Waals surface area contributed by atoms with E-state index in [-0.39, 0.29) is 16.9 Å². The highest BCUT2D eigenvalue weighted by Crippen LogP contribution is 2.30. The van der Waals surface area contributed by atoms with Crippen LogP contribution in [0.5, 0.6) is 5.75 Å². The van der Waals surface area contributed by atoms with Gasteiger partial charge in [-0.05, 0) is 49.2 Å². The molecule has 0 amide bonds. The van der Waals surface area contributed by atoms with Crippen LogP contribution < -0.4 is 9.46 Å². The van der Waals surface area contributed by atoms with Crippen molar-refractivity contribution in [2.24, 2.45) is 0 Å². The Hall–Kier alpha value is -1.72. The molecular weight excluding hydrogens is 517 g/mol. The van der Waals surface area contributed by atoms with E-state index < -0.39 is 16.1 Å². The number of hydrogen-bond acceptors (Lipinski definition) is 7. The topological polar surface area (TPSA) is 91.8 Å². The molecule has 7 nitrogen and oxygen atoms in total. The molecule has 1 saturated heterocycles. The first-order chi connectivity index (χ1) is 16.3. The smallest absolute Gasteiger partial charge is 0.250 e. The minimum absolute atomic E-state index is 0.0521. The molecule has 1 aromatic carbocycles. The summed E-state index contributed by atoms with van der Waals surface area (Å²) in [6.07, 6.45) is 2.49. The average Bonchev–Trinajstić information content (AvgIpc) is 3.34. The van der Waals surface area contributed by atoms with Crippen LogP contribution in [0.2, 0.25) is 10.0 Å². The number of nitrogens with zero attached hydrogens (tertiary/aromatic N) is 2. The highest BCUT2D eigenvalue weighted by Gasteiger charge is 2.24. The fourth-order valence-corrected chi connectivity index (χ4v) is 6.39. The largest absolute Gasteiger partial charge is 0.490 e. The summed E-state index contributed by atoms with van der Waals surface area (Å²) in [6.45, 7) is 1.81. The highest BCUT2D eigenvalue weighted by atomic mass is 35.5. The molecule has 3 aromatic rings. The zero-order chi connectivity index (χ0) is 24.1. The van der Waals surface area contributed by atoms with Crippen molar-refractivity contribution >= 4 is 44.6 Å². The van der Waals surface area contributed by atoms with E-state index in [0.29, 0.717) is 22.3 Å². The van der Waals surface area contributed by atoms with Crippen LogP contribution in [0.15, 0.2) is 58.9 Å². The number of aliphatic hydroxyl groups excluding tert-OH is 1. The lowest BCUT2D eigenvalue weighted by molar-refractivity contribution is 0.0630. The minimum Gasteiger partial charge on any atom is -0.490 e. The van der Waals surface area contributed by atoms with E-state index in [4.69, 9.17) is 27.9 Å². The second kappa shape index (κ2) is 11.3. The molecule has 0 spiro atoms. The minimum atomic E-state index is -3.71. The van der Waals surface area contributed by atoms with Gasteiger partial charge < -0.3 is 14.7 Å². The summed E-state index contributed by atoms with van der Waals surface area (Å²) in [5.41, 5.74) is 0.723. The first-order valence-corrected chi connectivity index (χ1v) is 13.9. The Kier molecular flexibility index (Phi) is 8.47. The summed E-state index contributed by atoms with van der Waals surface area (Å²) >= 11 is 13.1. The number of β-amino-alcohol motifs (C(OH)–C–C–N with tert-alkyl or cyclic N) is 1. The Bertz CT molecular complexity index is 1200. The SMILES string of the molecule is O=S(=O)(NCC(O)CN1CCC(Oc2ccc(Cl)c(Cl)c2)CC1)c1ccc(-c2ccccn2)s1. The number of nitrogens with one attached hydrogen (secondary N) is 1. The monoisotopic (exact) mass is 541 g/mol. The molecule has 2 aromatic heterocycles. The van der Waals surface area contributed by atoms with Crippen LogP contribution in [0.3, 0.4) is 0 Å². The molecule has 1 aliphatic rings. The average molecular weight is 543 g/mol. The fourth-order valence-electron chi connectivity index (χ4n) is 3.70. The van der Waals surface area contributed by atoms with Crippen LogP contribution in [0.1, 0.15) is 12.8 Å². The summed E-state index contributed by atoms with van der Waals surface area (Å²) in [7, 11) is -3.71. The molecular formula is C23H25Cl2N3O4S2. The second-order valence-electron chi connectivity index (χ2n) is 8.03. The van der Waals surface area contributed by atoms with Gasteiger partial charge in [0, 0.05) is 38.4 Å².